The van der Waals surface area contributed by atoms with E-state index < -0.39 is 29.0 Å². The number of nitrogens with one attached hydrogen (secondary N) is 1. The molecule has 0 heterocycles. The zero-order valence-electron chi connectivity index (χ0n) is 18.5. The van der Waals surface area contributed by atoms with Crippen LogP contribution in [0.3, 0.4) is 0 Å². The van der Waals surface area contributed by atoms with Crippen LogP contribution in [-0.2, 0) is 19.8 Å². The summed E-state index contributed by atoms with van der Waals surface area (Å²) in [7, 11) is 1.49. The smallest absolute Gasteiger partial charge is 0.433 e. The fraction of sp³-hybridized carbons (Fsp3) is 0.591. The second-order valence-electron chi connectivity index (χ2n) is 8.25. The van der Waals surface area contributed by atoms with Gasteiger partial charge in [-0.25, -0.2) is 4.79 Å². The molecule has 32 heavy (non-hydrogen) atoms. The van der Waals surface area contributed by atoms with Gasteiger partial charge in [-0.2, -0.15) is 13.2 Å². The molecule has 0 radical (unpaired) electrons. The number of carbonyl (C=O) groups is 1. The van der Waals surface area contributed by atoms with E-state index in [0.717, 1.165) is 6.07 Å². The maximum absolute atomic E-state index is 14.0. The van der Waals surface area contributed by atoms with E-state index in [2.05, 4.69) is 11.2 Å². The molecule has 0 aliphatic heterocycles. The molecule has 1 aliphatic rings. The van der Waals surface area contributed by atoms with E-state index in [1.807, 2.05) is 5.92 Å². The molecule has 7 nitrogen and oxygen atoms in total. The van der Waals surface area contributed by atoms with Crippen molar-refractivity contribution in [1.29, 1.82) is 0 Å². The lowest BCUT2D eigenvalue weighted by molar-refractivity contribution is -0.240. The first-order valence-electron chi connectivity index (χ1n) is 10.0. The molecule has 0 saturated heterocycles. The number of ether oxygens (including phenoxy) is 4. The number of carbonyl (C=O) groups excluding carboxylic acids is 1. The van der Waals surface area contributed by atoms with E-state index in [4.69, 9.17) is 18.9 Å². The summed E-state index contributed by atoms with van der Waals surface area (Å²) in [5.41, 5.74) is -5.40. The van der Waals surface area contributed by atoms with E-state index in [1.165, 1.54) is 19.2 Å². The van der Waals surface area contributed by atoms with E-state index in [1.54, 1.807) is 20.8 Å². The zero-order valence-corrected chi connectivity index (χ0v) is 18.5. The molecule has 1 atom stereocenters. The molecular weight excluding hydrogens is 431 g/mol. The van der Waals surface area contributed by atoms with Gasteiger partial charge in [0.25, 0.3) is 0 Å². The monoisotopic (exact) mass is 459 g/mol. The van der Waals surface area contributed by atoms with Gasteiger partial charge < -0.3 is 24.1 Å². The van der Waals surface area contributed by atoms with Gasteiger partial charge in [0.05, 0.1) is 18.9 Å². The van der Waals surface area contributed by atoms with Gasteiger partial charge in [-0.1, -0.05) is 11.8 Å². The van der Waals surface area contributed by atoms with Crippen LogP contribution in [0.15, 0.2) is 18.2 Å². The topological polar surface area (TPSA) is 86.2 Å². The van der Waals surface area contributed by atoms with Crippen LogP contribution in [0.4, 0.5) is 23.7 Å². The third-order valence-electron chi connectivity index (χ3n) is 4.20. The van der Waals surface area contributed by atoms with E-state index in [0.29, 0.717) is 19.4 Å². The van der Waals surface area contributed by atoms with Crippen molar-refractivity contribution in [3.05, 3.63) is 23.8 Å². The summed E-state index contributed by atoms with van der Waals surface area (Å²) >= 11 is 0. The standard InChI is InChI=1S/C22H28F3NO6/c1-20(2,3)32-19(27)26-18-8-7-16(31-14-30-12-11-29-4)13-17(18)21(28,22(23,24)25)10-9-15-5-6-15/h7-8,13,15,28H,5-6,11-12,14H2,1-4H3,(H,26,27). The average Bonchev–Trinajstić information content (AvgIpc) is 3.49. The molecule has 0 bridgehead atoms. The summed E-state index contributed by atoms with van der Waals surface area (Å²) < 4.78 is 62.4. The number of hydrogen-bond acceptors (Lipinski definition) is 6. The second-order valence-corrected chi connectivity index (χ2v) is 8.25. The summed E-state index contributed by atoms with van der Waals surface area (Å²) in [6.45, 7) is 5.13. The maximum atomic E-state index is 14.0. The highest BCUT2D eigenvalue weighted by Crippen LogP contribution is 2.43. The molecule has 1 amide bonds. The summed E-state index contributed by atoms with van der Waals surface area (Å²) in [6.07, 6.45) is -4.78. The lowest BCUT2D eigenvalue weighted by Gasteiger charge is -2.29. The predicted molar refractivity (Wildman–Crippen MR) is 110 cm³/mol. The van der Waals surface area contributed by atoms with Gasteiger partial charge in [-0.15, -0.1) is 0 Å². The first kappa shape index (κ1) is 25.8. The lowest BCUT2D eigenvalue weighted by atomic mass is 9.91. The summed E-state index contributed by atoms with van der Waals surface area (Å²) in [5.74, 6) is 4.23. The SMILES string of the molecule is COCCOCOc1ccc(NC(=O)OC(C)(C)C)c(C(O)(C#CC2CC2)C(F)(F)F)c1. The Morgan fingerprint density at radius 3 is 2.47 bits per heavy atom. The number of hydrogen-bond donors (Lipinski definition) is 2. The molecule has 10 heteroatoms. The fourth-order valence-corrected chi connectivity index (χ4v) is 2.47. The van der Waals surface area contributed by atoms with Gasteiger partial charge in [0.1, 0.15) is 11.4 Å². The highest BCUT2D eigenvalue weighted by atomic mass is 19.4. The van der Waals surface area contributed by atoms with Crippen molar-refractivity contribution in [2.24, 2.45) is 5.92 Å². The minimum absolute atomic E-state index is 0.0111. The molecule has 1 aromatic rings. The van der Waals surface area contributed by atoms with Gasteiger partial charge in [0.15, 0.2) is 6.79 Å². The third-order valence-corrected chi connectivity index (χ3v) is 4.20. The number of alkyl halides is 3. The summed E-state index contributed by atoms with van der Waals surface area (Å²) in [5, 5.41) is 13.0. The van der Waals surface area contributed by atoms with Crippen LogP contribution >= 0.6 is 0 Å². The minimum atomic E-state index is -5.15. The van der Waals surface area contributed by atoms with Crippen molar-refractivity contribution in [3.63, 3.8) is 0 Å². The van der Waals surface area contributed by atoms with Gasteiger partial charge in [-0.05, 0) is 51.8 Å². The van der Waals surface area contributed by atoms with Gasteiger partial charge >= 0.3 is 12.3 Å². The minimum Gasteiger partial charge on any atom is -0.468 e. The highest BCUT2D eigenvalue weighted by Gasteiger charge is 2.56. The molecule has 178 valence electrons. The number of rotatable bonds is 8. The number of benzene rings is 1. The number of aliphatic hydroxyl groups is 1. The van der Waals surface area contributed by atoms with Crippen LogP contribution in [0.5, 0.6) is 5.75 Å². The third kappa shape index (κ3) is 7.58. The normalized spacial score (nSPS) is 15.9. The van der Waals surface area contributed by atoms with Crippen molar-refractivity contribution < 1.29 is 42.0 Å². The average molecular weight is 459 g/mol. The Labute approximate surface area is 185 Å². The zero-order chi connectivity index (χ0) is 24.0. The molecule has 0 spiro atoms. The molecule has 0 aromatic heterocycles. The highest BCUT2D eigenvalue weighted by molar-refractivity contribution is 5.86. The van der Waals surface area contributed by atoms with E-state index in [9.17, 15) is 23.1 Å². The van der Waals surface area contributed by atoms with Crippen molar-refractivity contribution in [3.8, 4) is 17.6 Å². The molecule has 2 rings (SSSR count). The largest absolute Gasteiger partial charge is 0.468 e. The van der Waals surface area contributed by atoms with Crippen LogP contribution < -0.4 is 10.1 Å². The molecule has 1 fully saturated rings. The van der Waals surface area contributed by atoms with Crippen molar-refractivity contribution in [2.75, 3.05) is 32.4 Å². The molecule has 1 unspecified atom stereocenters. The van der Waals surface area contributed by atoms with Gasteiger partial charge in [0, 0.05) is 18.6 Å². The Morgan fingerprint density at radius 1 is 1.22 bits per heavy atom. The molecule has 1 aliphatic carbocycles. The van der Waals surface area contributed by atoms with Crippen LogP contribution in [0.25, 0.3) is 0 Å². The van der Waals surface area contributed by atoms with Gasteiger partial charge in [0.2, 0.25) is 5.60 Å². The number of methoxy groups -OCH3 is 1. The fourth-order valence-electron chi connectivity index (χ4n) is 2.47. The quantitative estimate of drug-likeness (QED) is 0.344. The first-order chi connectivity index (χ1) is 14.9. The van der Waals surface area contributed by atoms with Crippen molar-refractivity contribution >= 4 is 11.8 Å². The van der Waals surface area contributed by atoms with Crippen LogP contribution in [-0.4, -0.2) is 50.1 Å². The summed E-state index contributed by atoms with van der Waals surface area (Å²) in [4.78, 5) is 12.2. The summed E-state index contributed by atoms with van der Waals surface area (Å²) in [6, 6.07) is 3.49. The van der Waals surface area contributed by atoms with Crippen molar-refractivity contribution in [1.82, 2.24) is 0 Å². The molecule has 1 aromatic carbocycles. The number of amides is 1. The first-order valence-corrected chi connectivity index (χ1v) is 10.0. The molecule has 2 N–H and O–H groups in total. The number of halogens is 3. The Balaban J connectivity index is 2.39. The Bertz CT molecular complexity index is 852. The number of anilines is 1. The van der Waals surface area contributed by atoms with Crippen LogP contribution in [0.2, 0.25) is 0 Å². The van der Waals surface area contributed by atoms with E-state index in [-0.39, 0.29) is 30.8 Å². The Hall–Kier alpha value is -2.48. The second kappa shape index (κ2) is 10.4. The van der Waals surface area contributed by atoms with Gasteiger partial charge in [-0.3, -0.25) is 5.32 Å². The van der Waals surface area contributed by atoms with Crippen LogP contribution in [0, 0.1) is 17.8 Å². The Kier molecular flexibility index (Phi) is 8.40. The van der Waals surface area contributed by atoms with Crippen molar-refractivity contribution in [2.45, 2.75) is 51.0 Å². The lowest BCUT2D eigenvalue weighted by Crippen LogP contribution is -2.42. The predicted octanol–water partition coefficient (Wildman–Crippen LogP) is 4.20. The maximum Gasteiger partial charge on any atom is 0.433 e. The van der Waals surface area contributed by atoms with Crippen LogP contribution in [0.1, 0.15) is 39.2 Å². The van der Waals surface area contributed by atoms with E-state index >= 15 is 0 Å². The molecule has 1 saturated carbocycles. The Morgan fingerprint density at radius 2 is 1.91 bits per heavy atom. The molecular formula is C22H28F3NO6.